The topological polar surface area (TPSA) is 21.7 Å². The lowest BCUT2D eigenvalue weighted by Crippen LogP contribution is -2.15. The second kappa shape index (κ2) is 9.01. The number of benzene rings is 2. The Balaban J connectivity index is 1.85. The van der Waals surface area contributed by atoms with Crippen molar-refractivity contribution in [2.45, 2.75) is 6.42 Å². The summed E-state index contributed by atoms with van der Waals surface area (Å²) in [6, 6.07) is 16.2. The Morgan fingerprint density at radius 3 is 1.83 bits per heavy atom. The summed E-state index contributed by atoms with van der Waals surface area (Å²) in [6.45, 7) is 1.79. The Kier molecular flexibility index (Phi) is 6.70. The number of methoxy groups -OCH3 is 1. The van der Waals surface area contributed by atoms with E-state index < -0.39 is 0 Å². The zero-order chi connectivity index (χ0) is 16.5. The van der Waals surface area contributed by atoms with Gasteiger partial charge in [-0.15, -0.1) is 0 Å². The van der Waals surface area contributed by atoms with Gasteiger partial charge in [-0.05, 0) is 55.9 Å². The third-order valence-corrected chi connectivity index (χ3v) is 3.48. The van der Waals surface area contributed by atoms with E-state index in [2.05, 4.69) is 43.3 Å². The van der Waals surface area contributed by atoms with Crippen molar-refractivity contribution in [3.05, 3.63) is 59.7 Å². The zero-order valence-corrected chi connectivity index (χ0v) is 14.2. The van der Waals surface area contributed by atoms with E-state index in [9.17, 15) is 0 Å². The monoisotopic (exact) mass is 311 g/mol. The minimum atomic E-state index is 0.749. The molecule has 0 bridgehead atoms. The molecule has 0 aromatic heterocycles. The second-order valence-electron chi connectivity index (χ2n) is 5.68. The fourth-order valence-corrected chi connectivity index (χ4v) is 2.15. The Bertz CT molecular complexity index is 601. The van der Waals surface area contributed by atoms with Gasteiger partial charge in [0.05, 0.1) is 13.7 Å². The maximum absolute atomic E-state index is 5.74. The molecule has 0 spiro atoms. The quantitative estimate of drug-likeness (QED) is 0.539. The molecule has 23 heavy (non-hydrogen) atoms. The fourth-order valence-electron chi connectivity index (χ4n) is 2.15. The lowest BCUT2D eigenvalue weighted by atomic mass is 10.1. The second-order valence-corrected chi connectivity index (χ2v) is 5.68. The third-order valence-electron chi connectivity index (χ3n) is 3.48. The molecule has 0 heterocycles. The summed E-state index contributed by atoms with van der Waals surface area (Å²) in [6.07, 6.45) is 5.22. The van der Waals surface area contributed by atoms with Crippen molar-refractivity contribution in [2.75, 3.05) is 34.4 Å². The fraction of sp³-hybridized carbons (Fsp3) is 0.300. The van der Waals surface area contributed by atoms with Crippen molar-refractivity contribution in [1.29, 1.82) is 0 Å². The van der Waals surface area contributed by atoms with Crippen molar-refractivity contribution < 1.29 is 9.47 Å². The Morgan fingerprint density at radius 1 is 0.826 bits per heavy atom. The minimum Gasteiger partial charge on any atom is -0.497 e. The highest BCUT2D eigenvalue weighted by molar-refractivity contribution is 5.70. The highest BCUT2D eigenvalue weighted by Crippen LogP contribution is 2.16. The first-order valence-electron chi connectivity index (χ1n) is 7.87. The summed E-state index contributed by atoms with van der Waals surface area (Å²) in [5.74, 6) is 1.79. The molecular weight excluding hydrogens is 286 g/mol. The Morgan fingerprint density at radius 2 is 1.35 bits per heavy atom. The highest BCUT2D eigenvalue weighted by Gasteiger charge is 1.96. The van der Waals surface area contributed by atoms with Crippen molar-refractivity contribution in [2.24, 2.45) is 0 Å². The molecule has 2 aromatic rings. The SMILES string of the molecule is COc1ccc(C=Cc2ccc(OCCCN(C)C)cc2)cc1. The first kappa shape index (κ1) is 17.1. The number of ether oxygens (including phenoxy) is 2. The lowest BCUT2D eigenvalue weighted by Gasteiger charge is -2.10. The van der Waals surface area contributed by atoms with Crippen LogP contribution >= 0.6 is 0 Å². The number of rotatable bonds is 8. The Hall–Kier alpha value is -2.26. The predicted molar refractivity (Wildman–Crippen MR) is 97.0 cm³/mol. The maximum atomic E-state index is 5.74. The van der Waals surface area contributed by atoms with Crippen molar-refractivity contribution in [1.82, 2.24) is 4.90 Å². The first-order chi connectivity index (χ1) is 11.2. The summed E-state index contributed by atoms with van der Waals surface area (Å²) in [5.41, 5.74) is 2.30. The van der Waals surface area contributed by atoms with Crippen molar-refractivity contribution in [3.63, 3.8) is 0 Å². The molecular formula is C20H25NO2. The molecule has 0 atom stereocenters. The van der Waals surface area contributed by atoms with Crippen LogP contribution in [0.5, 0.6) is 11.5 Å². The van der Waals surface area contributed by atoms with Gasteiger partial charge in [0, 0.05) is 6.54 Å². The van der Waals surface area contributed by atoms with E-state index in [1.807, 2.05) is 36.4 Å². The van der Waals surface area contributed by atoms with E-state index >= 15 is 0 Å². The van der Waals surface area contributed by atoms with Crippen LogP contribution in [0.1, 0.15) is 17.5 Å². The van der Waals surface area contributed by atoms with Crippen LogP contribution in [0.15, 0.2) is 48.5 Å². The maximum Gasteiger partial charge on any atom is 0.119 e. The Labute approximate surface area is 139 Å². The van der Waals surface area contributed by atoms with Gasteiger partial charge in [0.25, 0.3) is 0 Å². The van der Waals surface area contributed by atoms with Gasteiger partial charge in [-0.2, -0.15) is 0 Å². The average Bonchev–Trinajstić information content (AvgIpc) is 2.58. The zero-order valence-electron chi connectivity index (χ0n) is 14.2. The molecule has 0 saturated heterocycles. The molecule has 2 rings (SSSR count). The molecule has 3 nitrogen and oxygen atoms in total. The molecule has 0 unspecified atom stereocenters. The molecule has 0 aliphatic rings. The lowest BCUT2D eigenvalue weighted by molar-refractivity contribution is 0.281. The van der Waals surface area contributed by atoms with Gasteiger partial charge < -0.3 is 14.4 Å². The van der Waals surface area contributed by atoms with Crippen LogP contribution in [0.3, 0.4) is 0 Å². The molecule has 0 N–H and O–H groups in total. The largest absolute Gasteiger partial charge is 0.497 e. The van der Waals surface area contributed by atoms with Gasteiger partial charge in [-0.25, -0.2) is 0 Å². The number of hydrogen-bond acceptors (Lipinski definition) is 3. The molecule has 2 aromatic carbocycles. The van der Waals surface area contributed by atoms with Gasteiger partial charge in [0.1, 0.15) is 11.5 Å². The molecule has 0 aliphatic carbocycles. The van der Waals surface area contributed by atoms with Gasteiger partial charge in [-0.3, -0.25) is 0 Å². The molecule has 0 fully saturated rings. The smallest absolute Gasteiger partial charge is 0.119 e. The molecule has 0 aliphatic heterocycles. The predicted octanol–water partition coefficient (Wildman–Crippen LogP) is 4.20. The molecule has 122 valence electrons. The van der Waals surface area contributed by atoms with Gasteiger partial charge in [-0.1, -0.05) is 36.4 Å². The van der Waals surface area contributed by atoms with Crippen LogP contribution in [0.25, 0.3) is 12.2 Å². The standard InChI is InChI=1S/C20H25NO2/c1-21(2)15-4-16-23-20-13-9-18(10-14-20)6-5-17-7-11-19(22-3)12-8-17/h5-14H,4,15-16H2,1-3H3. The minimum absolute atomic E-state index is 0.749. The van der Waals surface area contributed by atoms with Crippen LogP contribution in [-0.2, 0) is 0 Å². The van der Waals surface area contributed by atoms with E-state index in [4.69, 9.17) is 9.47 Å². The van der Waals surface area contributed by atoms with E-state index in [0.29, 0.717) is 0 Å². The van der Waals surface area contributed by atoms with Gasteiger partial charge >= 0.3 is 0 Å². The van der Waals surface area contributed by atoms with Crippen LogP contribution in [0.2, 0.25) is 0 Å². The van der Waals surface area contributed by atoms with Crippen LogP contribution in [0.4, 0.5) is 0 Å². The van der Waals surface area contributed by atoms with Crippen LogP contribution in [0, 0.1) is 0 Å². The van der Waals surface area contributed by atoms with E-state index in [-0.39, 0.29) is 0 Å². The molecule has 0 saturated carbocycles. The normalized spacial score (nSPS) is 11.1. The van der Waals surface area contributed by atoms with Crippen LogP contribution in [-0.4, -0.2) is 39.3 Å². The van der Waals surface area contributed by atoms with Gasteiger partial charge in [0.2, 0.25) is 0 Å². The summed E-state index contributed by atoms with van der Waals surface area (Å²) in [4.78, 5) is 2.16. The summed E-state index contributed by atoms with van der Waals surface area (Å²) in [5, 5.41) is 0. The molecule has 0 radical (unpaired) electrons. The van der Waals surface area contributed by atoms with Crippen molar-refractivity contribution in [3.8, 4) is 11.5 Å². The molecule has 3 heteroatoms. The summed E-state index contributed by atoms with van der Waals surface area (Å²) < 4.78 is 10.9. The van der Waals surface area contributed by atoms with E-state index in [1.165, 1.54) is 0 Å². The summed E-state index contributed by atoms with van der Waals surface area (Å²) in [7, 11) is 5.82. The summed E-state index contributed by atoms with van der Waals surface area (Å²) >= 11 is 0. The highest BCUT2D eigenvalue weighted by atomic mass is 16.5. The van der Waals surface area contributed by atoms with Gasteiger partial charge in [0.15, 0.2) is 0 Å². The van der Waals surface area contributed by atoms with Crippen molar-refractivity contribution >= 4 is 12.2 Å². The number of nitrogens with zero attached hydrogens (tertiary/aromatic N) is 1. The number of hydrogen-bond donors (Lipinski definition) is 0. The van der Waals surface area contributed by atoms with E-state index in [1.54, 1.807) is 7.11 Å². The van der Waals surface area contributed by atoms with Crippen LogP contribution < -0.4 is 9.47 Å². The molecule has 0 amide bonds. The first-order valence-corrected chi connectivity index (χ1v) is 7.87. The average molecular weight is 311 g/mol. The third kappa shape index (κ3) is 6.17. The van der Waals surface area contributed by atoms with E-state index in [0.717, 1.165) is 42.2 Å².